The van der Waals surface area contributed by atoms with Crippen LogP contribution >= 0.6 is 0 Å². The summed E-state index contributed by atoms with van der Waals surface area (Å²) in [7, 11) is 0. The number of carbonyl (C=O) groups is 4. The topological polar surface area (TPSA) is 206 Å². The summed E-state index contributed by atoms with van der Waals surface area (Å²) in [6.07, 6.45) is 7.85. The van der Waals surface area contributed by atoms with Crippen molar-refractivity contribution in [2.75, 3.05) is 5.73 Å². The second-order valence-electron chi connectivity index (χ2n) is 10.6. The number of anilines is 1. The molecule has 0 bridgehead atoms. The summed E-state index contributed by atoms with van der Waals surface area (Å²) in [5.41, 5.74) is 9.03. The number of H-pyrrole nitrogens is 1. The lowest BCUT2D eigenvalue weighted by molar-refractivity contribution is -0.123. The Morgan fingerprint density at radius 2 is 2.02 bits per heavy atom. The SMILES string of the molecule is CC(=O)c1c(CC[C@H]2CC(C)=CN2C(=O)c2nnc[nH]2)nc2c(-c3ccc(C4(C)NC(=O)NC4=O)nc3)cnn2c1N. The summed E-state index contributed by atoms with van der Waals surface area (Å²) >= 11 is 0. The van der Waals surface area contributed by atoms with Gasteiger partial charge in [0.15, 0.2) is 17.0 Å². The van der Waals surface area contributed by atoms with E-state index in [1.807, 2.05) is 6.92 Å². The molecule has 214 valence electrons. The quantitative estimate of drug-likeness (QED) is 0.186. The highest BCUT2D eigenvalue weighted by Crippen LogP contribution is 2.31. The molecule has 42 heavy (non-hydrogen) atoms. The molecular weight excluding hydrogens is 542 g/mol. The maximum Gasteiger partial charge on any atom is 0.322 e. The number of nitrogens with zero attached hydrogens (tertiary/aromatic N) is 7. The van der Waals surface area contributed by atoms with E-state index in [9.17, 15) is 19.2 Å². The minimum atomic E-state index is -1.29. The third-order valence-electron chi connectivity index (χ3n) is 7.62. The first kappa shape index (κ1) is 26.7. The number of fused-ring (bicyclic) bond motifs is 1. The summed E-state index contributed by atoms with van der Waals surface area (Å²) < 4.78 is 1.41. The van der Waals surface area contributed by atoms with Crippen LogP contribution in [0.4, 0.5) is 10.6 Å². The molecule has 0 aromatic carbocycles. The van der Waals surface area contributed by atoms with Gasteiger partial charge in [-0.05, 0) is 46.1 Å². The molecule has 4 aromatic rings. The first-order valence-corrected chi connectivity index (χ1v) is 13.2. The monoisotopic (exact) mass is 569 g/mol. The maximum absolute atomic E-state index is 13.0. The van der Waals surface area contributed by atoms with E-state index in [1.165, 1.54) is 17.8 Å². The van der Waals surface area contributed by atoms with Crippen molar-refractivity contribution in [3.63, 3.8) is 0 Å². The Morgan fingerprint density at radius 1 is 1.21 bits per heavy atom. The number of imide groups is 1. The van der Waals surface area contributed by atoms with E-state index in [1.54, 1.807) is 42.6 Å². The molecule has 1 unspecified atom stereocenters. The van der Waals surface area contributed by atoms with Crippen molar-refractivity contribution in [1.82, 2.24) is 50.3 Å². The maximum atomic E-state index is 13.0. The number of nitrogen functional groups attached to an aromatic ring is 1. The second kappa shape index (κ2) is 9.87. The molecule has 0 saturated carbocycles. The van der Waals surface area contributed by atoms with Gasteiger partial charge in [0.2, 0.25) is 5.82 Å². The van der Waals surface area contributed by atoms with Crippen molar-refractivity contribution >= 4 is 35.1 Å². The van der Waals surface area contributed by atoms with Crippen LogP contribution in [0.1, 0.15) is 66.0 Å². The highest BCUT2D eigenvalue weighted by molar-refractivity contribution is 6.07. The average Bonchev–Trinajstić information content (AvgIpc) is 3.74. The molecule has 6 rings (SSSR count). The number of Topliss-reactive ketones (excluding diaryl/α,β-unsaturated/α-hetero) is 1. The molecule has 15 heteroatoms. The van der Waals surface area contributed by atoms with Crippen LogP contribution < -0.4 is 16.4 Å². The van der Waals surface area contributed by atoms with Crippen molar-refractivity contribution in [3.8, 4) is 11.1 Å². The van der Waals surface area contributed by atoms with Crippen LogP contribution in [0.3, 0.4) is 0 Å². The largest absolute Gasteiger partial charge is 0.383 e. The van der Waals surface area contributed by atoms with Gasteiger partial charge in [-0.3, -0.25) is 24.7 Å². The normalized spacial score (nSPS) is 20.1. The lowest BCUT2D eigenvalue weighted by Crippen LogP contribution is -2.41. The molecule has 4 amide bonds. The van der Waals surface area contributed by atoms with Crippen LogP contribution in [0, 0.1) is 0 Å². The number of ketones is 1. The first-order valence-electron chi connectivity index (χ1n) is 13.2. The number of aromatic amines is 1. The zero-order valence-electron chi connectivity index (χ0n) is 23.0. The van der Waals surface area contributed by atoms with Crippen LogP contribution in [0.15, 0.2) is 42.6 Å². The van der Waals surface area contributed by atoms with E-state index in [-0.39, 0.29) is 34.9 Å². The lowest BCUT2D eigenvalue weighted by atomic mass is 9.96. The number of hydrogen-bond acceptors (Lipinski definition) is 10. The summed E-state index contributed by atoms with van der Waals surface area (Å²) in [4.78, 5) is 63.4. The van der Waals surface area contributed by atoms with Crippen molar-refractivity contribution in [3.05, 3.63) is 65.4 Å². The Balaban J connectivity index is 1.31. The van der Waals surface area contributed by atoms with E-state index in [0.29, 0.717) is 47.4 Å². The number of hydrogen-bond donors (Lipinski definition) is 4. The van der Waals surface area contributed by atoms with Crippen molar-refractivity contribution in [1.29, 1.82) is 0 Å². The van der Waals surface area contributed by atoms with Crippen molar-refractivity contribution in [2.45, 2.75) is 51.6 Å². The molecule has 5 N–H and O–H groups in total. The van der Waals surface area contributed by atoms with E-state index in [0.717, 1.165) is 5.57 Å². The highest BCUT2D eigenvalue weighted by Gasteiger charge is 2.44. The van der Waals surface area contributed by atoms with Gasteiger partial charge in [0.05, 0.1) is 23.1 Å². The summed E-state index contributed by atoms with van der Waals surface area (Å²) in [6.45, 7) is 4.95. The van der Waals surface area contributed by atoms with Gasteiger partial charge in [-0.1, -0.05) is 11.6 Å². The van der Waals surface area contributed by atoms with E-state index in [4.69, 9.17) is 10.7 Å². The molecule has 0 aliphatic carbocycles. The van der Waals surface area contributed by atoms with Gasteiger partial charge in [0.25, 0.3) is 11.8 Å². The lowest BCUT2D eigenvalue weighted by Gasteiger charge is -2.23. The number of nitrogens with one attached hydrogen (secondary N) is 3. The molecule has 1 saturated heterocycles. The highest BCUT2D eigenvalue weighted by atomic mass is 16.2. The molecule has 4 aromatic heterocycles. The number of amides is 4. The minimum Gasteiger partial charge on any atom is -0.383 e. The fraction of sp³-hybridized carbons (Fsp3) is 0.296. The second-order valence-corrected chi connectivity index (χ2v) is 10.6. The standard InChI is InChI=1S/C27H27N11O4/c1-13-8-16(37(11-13)24(40)22-30-12-31-36-22)5-6-18-20(14(2)39)21(28)38-23(33-18)17(10-32-38)15-4-7-19(29-9-15)27(3)25(41)34-26(42)35-27/h4,7,9-12,16H,5-6,8,28H2,1-3H3,(H,30,31,36)(H2,34,35,41,42)/t16-,27?/m0/s1. The summed E-state index contributed by atoms with van der Waals surface area (Å²) in [6, 6.07) is 2.64. The smallest absolute Gasteiger partial charge is 0.322 e. The molecular formula is C27H27N11O4. The Labute approximate surface area is 238 Å². The van der Waals surface area contributed by atoms with Crippen LogP contribution in [0.2, 0.25) is 0 Å². The molecule has 1 fully saturated rings. The number of carbonyl (C=O) groups excluding carboxylic acids is 4. The van der Waals surface area contributed by atoms with Gasteiger partial charge in [0.1, 0.15) is 12.1 Å². The van der Waals surface area contributed by atoms with E-state index in [2.05, 4.69) is 35.9 Å². The van der Waals surface area contributed by atoms with E-state index >= 15 is 0 Å². The number of pyridine rings is 1. The van der Waals surface area contributed by atoms with Gasteiger partial charge in [-0.15, -0.1) is 10.2 Å². The first-order chi connectivity index (χ1) is 20.1. The molecule has 2 aliphatic heterocycles. The Kier molecular flexibility index (Phi) is 6.28. The van der Waals surface area contributed by atoms with Gasteiger partial charge in [-0.2, -0.15) is 9.61 Å². The van der Waals surface area contributed by atoms with Crippen LogP contribution in [-0.2, 0) is 16.8 Å². The predicted molar refractivity (Wildman–Crippen MR) is 148 cm³/mol. The Bertz CT molecular complexity index is 1790. The predicted octanol–water partition coefficient (Wildman–Crippen LogP) is 1.50. The number of nitrogens with two attached hydrogens (primary N) is 1. The fourth-order valence-electron chi connectivity index (χ4n) is 5.47. The average molecular weight is 570 g/mol. The molecule has 0 radical (unpaired) electrons. The minimum absolute atomic E-state index is 0.146. The van der Waals surface area contributed by atoms with Crippen LogP contribution in [0.5, 0.6) is 0 Å². The zero-order chi connectivity index (χ0) is 29.8. The van der Waals surface area contributed by atoms with Gasteiger partial charge >= 0.3 is 6.03 Å². The van der Waals surface area contributed by atoms with Gasteiger partial charge in [0, 0.05) is 29.6 Å². The summed E-state index contributed by atoms with van der Waals surface area (Å²) in [5.74, 6) is -0.727. The Hall–Kier alpha value is -5.47. The molecule has 15 nitrogen and oxygen atoms in total. The van der Waals surface area contributed by atoms with E-state index < -0.39 is 17.5 Å². The van der Waals surface area contributed by atoms with Gasteiger partial charge in [-0.25, -0.2) is 9.78 Å². The fourth-order valence-corrected chi connectivity index (χ4v) is 5.47. The third kappa shape index (κ3) is 4.34. The van der Waals surface area contributed by atoms with Crippen molar-refractivity contribution < 1.29 is 19.2 Å². The number of rotatable bonds is 7. The molecule has 2 atom stereocenters. The van der Waals surface area contributed by atoms with Crippen LogP contribution in [0.25, 0.3) is 16.8 Å². The van der Waals surface area contributed by atoms with Crippen LogP contribution in [-0.4, -0.2) is 69.3 Å². The number of aryl methyl sites for hydroxylation is 1. The molecule has 6 heterocycles. The number of aromatic nitrogens is 7. The Morgan fingerprint density at radius 3 is 2.67 bits per heavy atom. The van der Waals surface area contributed by atoms with Gasteiger partial charge < -0.3 is 20.9 Å². The third-order valence-corrected chi connectivity index (χ3v) is 7.62. The molecule has 0 spiro atoms. The molecule has 2 aliphatic rings. The van der Waals surface area contributed by atoms with Crippen molar-refractivity contribution in [2.24, 2.45) is 0 Å². The zero-order valence-corrected chi connectivity index (χ0v) is 23.0. The number of urea groups is 1. The summed E-state index contributed by atoms with van der Waals surface area (Å²) in [5, 5.41) is 16.7.